The average molecular weight is 157 g/mol. The highest BCUT2D eigenvalue weighted by atomic mass is 16.5. The summed E-state index contributed by atoms with van der Waals surface area (Å²) in [5, 5.41) is 3.48. The van der Waals surface area contributed by atoms with Gasteiger partial charge in [-0.25, -0.2) is 0 Å². The van der Waals surface area contributed by atoms with Crippen LogP contribution in [-0.2, 0) is 4.74 Å². The molecule has 2 atom stereocenters. The van der Waals surface area contributed by atoms with E-state index in [0.29, 0.717) is 12.1 Å². The molecule has 0 amide bonds. The molecule has 0 bridgehead atoms. The van der Waals surface area contributed by atoms with Crippen LogP contribution in [0.1, 0.15) is 27.2 Å². The van der Waals surface area contributed by atoms with Crippen LogP contribution in [0.5, 0.6) is 0 Å². The van der Waals surface area contributed by atoms with Crippen LogP contribution in [0.15, 0.2) is 0 Å². The maximum atomic E-state index is 5.53. The minimum Gasteiger partial charge on any atom is -0.376 e. The average Bonchev–Trinajstić information content (AvgIpc) is 1.93. The van der Waals surface area contributed by atoms with Crippen molar-refractivity contribution >= 4 is 0 Å². The van der Waals surface area contributed by atoms with Crippen molar-refractivity contribution in [3.63, 3.8) is 0 Å². The van der Waals surface area contributed by atoms with Gasteiger partial charge in [-0.2, -0.15) is 0 Å². The Bertz CT molecular complexity index is 106. The van der Waals surface area contributed by atoms with Crippen LogP contribution in [0.2, 0.25) is 0 Å². The van der Waals surface area contributed by atoms with Crippen LogP contribution < -0.4 is 5.32 Å². The fraction of sp³-hybridized carbons (Fsp3) is 1.00. The molecule has 0 saturated carbocycles. The van der Waals surface area contributed by atoms with Crippen molar-refractivity contribution < 1.29 is 4.74 Å². The summed E-state index contributed by atoms with van der Waals surface area (Å²) in [6.45, 7) is 8.51. The molecule has 1 heterocycles. The monoisotopic (exact) mass is 157 g/mol. The first kappa shape index (κ1) is 9.01. The van der Waals surface area contributed by atoms with Crippen molar-refractivity contribution in [2.24, 2.45) is 5.92 Å². The summed E-state index contributed by atoms with van der Waals surface area (Å²) in [6.07, 6.45) is 1.63. The van der Waals surface area contributed by atoms with Gasteiger partial charge in [-0.05, 0) is 19.3 Å². The largest absolute Gasteiger partial charge is 0.376 e. The Kier molecular flexibility index (Phi) is 3.34. The normalized spacial score (nSPS) is 32.7. The first-order chi connectivity index (χ1) is 5.18. The van der Waals surface area contributed by atoms with Gasteiger partial charge >= 0.3 is 0 Å². The number of morpholine rings is 1. The highest BCUT2D eigenvalue weighted by Crippen LogP contribution is 2.09. The predicted molar refractivity (Wildman–Crippen MR) is 46.7 cm³/mol. The van der Waals surface area contributed by atoms with E-state index >= 15 is 0 Å². The van der Waals surface area contributed by atoms with E-state index in [1.807, 2.05) is 0 Å². The molecule has 2 nitrogen and oxygen atoms in total. The van der Waals surface area contributed by atoms with Crippen LogP contribution >= 0.6 is 0 Å². The third-order valence-electron chi connectivity index (χ3n) is 2.03. The molecule has 2 heteroatoms. The Morgan fingerprint density at radius 3 is 2.73 bits per heavy atom. The molecule has 1 aliphatic heterocycles. The van der Waals surface area contributed by atoms with Crippen molar-refractivity contribution in [2.45, 2.75) is 39.3 Å². The molecule has 0 aliphatic carbocycles. The molecule has 2 unspecified atom stereocenters. The molecular formula is C9H19NO. The molecule has 0 radical (unpaired) electrons. The molecule has 1 aliphatic rings. The van der Waals surface area contributed by atoms with E-state index in [2.05, 4.69) is 26.1 Å². The van der Waals surface area contributed by atoms with E-state index < -0.39 is 0 Å². The zero-order chi connectivity index (χ0) is 8.27. The molecule has 1 rings (SSSR count). The maximum Gasteiger partial charge on any atom is 0.0672 e. The number of nitrogens with one attached hydrogen (secondary N) is 1. The summed E-state index contributed by atoms with van der Waals surface area (Å²) >= 11 is 0. The van der Waals surface area contributed by atoms with Crippen LogP contribution in [0.25, 0.3) is 0 Å². The van der Waals surface area contributed by atoms with Gasteiger partial charge in [0, 0.05) is 12.6 Å². The summed E-state index contributed by atoms with van der Waals surface area (Å²) in [4.78, 5) is 0. The van der Waals surface area contributed by atoms with Crippen LogP contribution in [0, 0.1) is 5.92 Å². The van der Waals surface area contributed by atoms with Gasteiger partial charge in [0.1, 0.15) is 0 Å². The Morgan fingerprint density at radius 1 is 1.55 bits per heavy atom. The molecule has 1 saturated heterocycles. The number of rotatable bonds is 2. The third-order valence-corrected chi connectivity index (χ3v) is 2.03. The molecular weight excluding hydrogens is 138 g/mol. The van der Waals surface area contributed by atoms with E-state index in [9.17, 15) is 0 Å². The lowest BCUT2D eigenvalue weighted by Gasteiger charge is -2.29. The number of hydrogen-bond acceptors (Lipinski definition) is 2. The van der Waals surface area contributed by atoms with Crippen molar-refractivity contribution in [3.05, 3.63) is 0 Å². The Labute approximate surface area is 69.3 Å². The standard InChI is InChI=1S/C9H19NO/c1-7(2)4-9-6-11-8(3)5-10-9/h7-10H,4-6H2,1-3H3. The van der Waals surface area contributed by atoms with Crippen molar-refractivity contribution in [1.29, 1.82) is 0 Å². The van der Waals surface area contributed by atoms with Gasteiger partial charge in [0.25, 0.3) is 0 Å². The Balaban J connectivity index is 2.17. The lowest BCUT2D eigenvalue weighted by Crippen LogP contribution is -2.45. The van der Waals surface area contributed by atoms with Gasteiger partial charge in [-0.1, -0.05) is 13.8 Å². The fourth-order valence-electron chi connectivity index (χ4n) is 1.45. The minimum absolute atomic E-state index is 0.401. The number of ether oxygens (including phenoxy) is 1. The Morgan fingerprint density at radius 2 is 2.27 bits per heavy atom. The Hall–Kier alpha value is -0.0800. The molecule has 0 spiro atoms. The van der Waals surface area contributed by atoms with Crippen molar-refractivity contribution in [2.75, 3.05) is 13.2 Å². The second-order valence-corrected chi connectivity index (χ2v) is 3.88. The topological polar surface area (TPSA) is 21.3 Å². The second-order valence-electron chi connectivity index (χ2n) is 3.88. The number of hydrogen-bond donors (Lipinski definition) is 1. The van der Waals surface area contributed by atoms with Gasteiger partial charge in [-0.3, -0.25) is 0 Å². The van der Waals surface area contributed by atoms with Crippen molar-refractivity contribution in [1.82, 2.24) is 5.32 Å². The van der Waals surface area contributed by atoms with Crippen LogP contribution in [0.3, 0.4) is 0 Å². The zero-order valence-corrected chi connectivity index (χ0v) is 7.76. The lowest BCUT2D eigenvalue weighted by atomic mass is 10.0. The summed E-state index contributed by atoms with van der Waals surface area (Å²) in [5.74, 6) is 0.768. The van der Waals surface area contributed by atoms with Crippen LogP contribution in [0.4, 0.5) is 0 Å². The molecule has 66 valence electrons. The summed E-state index contributed by atoms with van der Waals surface area (Å²) in [6, 6.07) is 0.589. The maximum absolute atomic E-state index is 5.53. The molecule has 11 heavy (non-hydrogen) atoms. The first-order valence-electron chi connectivity index (χ1n) is 4.53. The van der Waals surface area contributed by atoms with Gasteiger partial charge in [0.2, 0.25) is 0 Å². The van der Waals surface area contributed by atoms with Gasteiger partial charge in [0.05, 0.1) is 12.7 Å². The predicted octanol–water partition coefficient (Wildman–Crippen LogP) is 1.41. The first-order valence-corrected chi connectivity index (χ1v) is 4.53. The van der Waals surface area contributed by atoms with E-state index in [4.69, 9.17) is 4.74 Å². The van der Waals surface area contributed by atoms with Gasteiger partial charge in [-0.15, -0.1) is 0 Å². The van der Waals surface area contributed by atoms with Crippen molar-refractivity contribution in [3.8, 4) is 0 Å². The SMILES string of the molecule is CC(C)CC1COC(C)CN1. The van der Waals surface area contributed by atoms with E-state index in [0.717, 1.165) is 19.1 Å². The molecule has 1 N–H and O–H groups in total. The summed E-state index contributed by atoms with van der Waals surface area (Å²) in [7, 11) is 0. The summed E-state index contributed by atoms with van der Waals surface area (Å²) < 4.78 is 5.53. The molecule has 1 fully saturated rings. The molecule has 0 aromatic carbocycles. The molecule has 0 aromatic heterocycles. The van der Waals surface area contributed by atoms with E-state index in [1.165, 1.54) is 6.42 Å². The quantitative estimate of drug-likeness (QED) is 0.654. The smallest absolute Gasteiger partial charge is 0.0672 e. The van der Waals surface area contributed by atoms with E-state index in [1.54, 1.807) is 0 Å². The van der Waals surface area contributed by atoms with Crippen LogP contribution in [-0.4, -0.2) is 25.3 Å². The van der Waals surface area contributed by atoms with E-state index in [-0.39, 0.29) is 0 Å². The highest BCUT2D eigenvalue weighted by molar-refractivity contribution is 4.74. The second kappa shape index (κ2) is 4.07. The molecule has 0 aromatic rings. The fourth-order valence-corrected chi connectivity index (χ4v) is 1.45. The lowest BCUT2D eigenvalue weighted by molar-refractivity contribution is 0.0109. The van der Waals surface area contributed by atoms with Gasteiger partial charge in [0.15, 0.2) is 0 Å². The summed E-state index contributed by atoms with van der Waals surface area (Å²) in [5.41, 5.74) is 0. The third kappa shape index (κ3) is 3.21. The minimum atomic E-state index is 0.401. The van der Waals surface area contributed by atoms with Gasteiger partial charge < -0.3 is 10.1 Å². The zero-order valence-electron chi connectivity index (χ0n) is 7.76. The highest BCUT2D eigenvalue weighted by Gasteiger charge is 2.17.